The molecule has 2 heterocycles. The highest BCUT2D eigenvalue weighted by atomic mass is 16.5. The number of ether oxygens (including phenoxy) is 2. The summed E-state index contributed by atoms with van der Waals surface area (Å²) in [5, 5.41) is 0. The molecule has 0 aromatic carbocycles. The van der Waals surface area contributed by atoms with Crippen LogP contribution in [0.1, 0.15) is 10.4 Å². The van der Waals surface area contributed by atoms with Gasteiger partial charge in [0, 0.05) is 45.1 Å². The van der Waals surface area contributed by atoms with Gasteiger partial charge in [-0.05, 0) is 6.07 Å². The highest BCUT2D eigenvalue weighted by molar-refractivity contribution is 5.94. The van der Waals surface area contributed by atoms with Crippen LogP contribution >= 0.6 is 0 Å². The number of nitrogens with one attached hydrogen (secondary N) is 1. The summed E-state index contributed by atoms with van der Waals surface area (Å²) in [7, 11) is 3.19. The fourth-order valence-corrected chi connectivity index (χ4v) is 2.12. The van der Waals surface area contributed by atoms with Crippen LogP contribution in [0.2, 0.25) is 0 Å². The second-order valence-electron chi connectivity index (χ2n) is 4.20. The maximum Gasteiger partial charge on any atom is 0.254 e. The van der Waals surface area contributed by atoms with Gasteiger partial charge in [-0.3, -0.25) is 9.59 Å². The van der Waals surface area contributed by atoms with Gasteiger partial charge < -0.3 is 19.4 Å². The molecule has 0 saturated carbocycles. The van der Waals surface area contributed by atoms with Gasteiger partial charge in [-0.25, -0.2) is 0 Å². The molecule has 98 valence electrons. The van der Waals surface area contributed by atoms with E-state index in [1.54, 1.807) is 25.2 Å². The molecule has 0 radical (unpaired) electrons. The molecular weight excluding hydrogens is 236 g/mol. The molecule has 1 fully saturated rings. The van der Waals surface area contributed by atoms with Gasteiger partial charge in [-0.1, -0.05) is 0 Å². The van der Waals surface area contributed by atoms with E-state index in [4.69, 9.17) is 9.47 Å². The van der Waals surface area contributed by atoms with Crippen LogP contribution in [-0.4, -0.2) is 55.3 Å². The van der Waals surface area contributed by atoms with Gasteiger partial charge in [0.2, 0.25) is 5.56 Å². The van der Waals surface area contributed by atoms with Crippen molar-refractivity contribution in [3.63, 3.8) is 0 Å². The lowest BCUT2D eigenvalue weighted by Gasteiger charge is -2.15. The topological polar surface area (TPSA) is 71.6 Å². The van der Waals surface area contributed by atoms with Crippen molar-refractivity contribution < 1.29 is 14.3 Å². The summed E-state index contributed by atoms with van der Waals surface area (Å²) in [6.45, 7) is 0.946. The van der Waals surface area contributed by atoms with E-state index in [2.05, 4.69) is 4.98 Å². The zero-order chi connectivity index (χ0) is 13.1. The van der Waals surface area contributed by atoms with E-state index in [1.807, 2.05) is 0 Å². The molecule has 6 heteroatoms. The highest BCUT2D eigenvalue weighted by Crippen LogP contribution is 2.17. The number of methoxy groups -OCH3 is 2. The van der Waals surface area contributed by atoms with Gasteiger partial charge in [0.05, 0.1) is 0 Å². The third-order valence-electron chi connectivity index (χ3n) is 3.13. The first kappa shape index (κ1) is 12.8. The van der Waals surface area contributed by atoms with Gasteiger partial charge in [-0.2, -0.15) is 0 Å². The lowest BCUT2D eigenvalue weighted by Crippen LogP contribution is -2.30. The zero-order valence-electron chi connectivity index (χ0n) is 10.4. The van der Waals surface area contributed by atoms with Gasteiger partial charge in [0.15, 0.2) is 0 Å². The number of hydrogen-bond acceptors (Lipinski definition) is 4. The number of carbonyl (C=O) groups is 1. The molecule has 1 saturated heterocycles. The second kappa shape index (κ2) is 5.32. The summed E-state index contributed by atoms with van der Waals surface area (Å²) >= 11 is 0. The zero-order valence-corrected chi connectivity index (χ0v) is 10.4. The van der Waals surface area contributed by atoms with Crippen molar-refractivity contribution in [3.8, 4) is 0 Å². The molecule has 0 aliphatic carbocycles. The smallest absolute Gasteiger partial charge is 0.254 e. The number of hydrogen-bond donors (Lipinski definition) is 1. The molecule has 1 amide bonds. The number of H-pyrrole nitrogens is 1. The Morgan fingerprint density at radius 1 is 1.33 bits per heavy atom. The third kappa shape index (κ3) is 2.44. The van der Waals surface area contributed by atoms with Crippen molar-refractivity contribution in [2.24, 2.45) is 0 Å². The van der Waals surface area contributed by atoms with Crippen LogP contribution < -0.4 is 5.56 Å². The summed E-state index contributed by atoms with van der Waals surface area (Å²) < 4.78 is 10.5. The van der Waals surface area contributed by atoms with Crippen molar-refractivity contribution in [1.29, 1.82) is 0 Å². The molecular formula is C12H16N2O4. The molecule has 1 aromatic rings. The van der Waals surface area contributed by atoms with Crippen molar-refractivity contribution in [3.05, 3.63) is 34.2 Å². The minimum Gasteiger partial charge on any atom is -0.377 e. The number of likely N-dealkylation sites (tertiary alicyclic amines) is 1. The summed E-state index contributed by atoms with van der Waals surface area (Å²) in [4.78, 5) is 27.5. The minimum atomic E-state index is -0.286. The SMILES string of the molecule is COC1CN(C(=O)c2cc[nH]c(=O)c2)CC1OC. The van der Waals surface area contributed by atoms with Crippen LogP contribution in [0.15, 0.2) is 23.1 Å². The first-order chi connectivity index (χ1) is 8.65. The maximum absolute atomic E-state index is 12.2. The Morgan fingerprint density at radius 3 is 2.44 bits per heavy atom. The van der Waals surface area contributed by atoms with E-state index in [1.165, 1.54) is 12.3 Å². The molecule has 1 aliphatic heterocycles. The van der Waals surface area contributed by atoms with E-state index in [0.717, 1.165) is 0 Å². The molecule has 1 aliphatic rings. The fraction of sp³-hybridized carbons (Fsp3) is 0.500. The molecule has 0 bridgehead atoms. The summed E-state index contributed by atoms with van der Waals surface area (Å²) in [6, 6.07) is 2.88. The first-order valence-corrected chi connectivity index (χ1v) is 5.69. The number of rotatable bonds is 3. The molecule has 6 nitrogen and oxygen atoms in total. The van der Waals surface area contributed by atoms with Crippen LogP contribution in [0.4, 0.5) is 0 Å². The minimum absolute atomic E-state index is 0.124. The Labute approximate surface area is 105 Å². The van der Waals surface area contributed by atoms with Crippen LogP contribution in [0.5, 0.6) is 0 Å². The number of amides is 1. The number of carbonyl (C=O) groups excluding carboxylic acids is 1. The van der Waals surface area contributed by atoms with Crippen molar-refractivity contribution in [2.45, 2.75) is 12.2 Å². The Bertz CT molecular complexity index is 473. The molecule has 0 spiro atoms. The monoisotopic (exact) mass is 252 g/mol. The molecule has 2 atom stereocenters. The van der Waals surface area contributed by atoms with Crippen LogP contribution in [0, 0.1) is 0 Å². The lowest BCUT2D eigenvalue weighted by atomic mass is 10.2. The van der Waals surface area contributed by atoms with Crippen molar-refractivity contribution in [2.75, 3.05) is 27.3 Å². The molecule has 18 heavy (non-hydrogen) atoms. The van der Waals surface area contributed by atoms with E-state index in [9.17, 15) is 9.59 Å². The summed E-state index contributed by atoms with van der Waals surface area (Å²) in [5.41, 5.74) is 0.0944. The number of nitrogens with zero attached hydrogens (tertiary/aromatic N) is 1. The Balaban J connectivity index is 2.14. The summed E-state index contributed by atoms with van der Waals surface area (Å²) in [5.74, 6) is -0.178. The van der Waals surface area contributed by atoms with Gasteiger partial charge in [-0.15, -0.1) is 0 Å². The molecule has 1 aromatic heterocycles. The predicted octanol–water partition coefficient (Wildman–Crippen LogP) is -0.139. The van der Waals surface area contributed by atoms with Gasteiger partial charge in [0.1, 0.15) is 12.2 Å². The molecule has 2 rings (SSSR count). The number of aromatic nitrogens is 1. The van der Waals surface area contributed by atoms with Crippen molar-refractivity contribution >= 4 is 5.91 Å². The third-order valence-corrected chi connectivity index (χ3v) is 3.13. The number of aromatic amines is 1. The maximum atomic E-state index is 12.2. The average molecular weight is 252 g/mol. The van der Waals surface area contributed by atoms with E-state index in [-0.39, 0.29) is 23.7 Å². The largest absolute Gasteiger partial charge is 0.377 e. The van der Waals surface area contributed by atoms with Gasteiger partial charge >= 0.3 is 0 Å². The quantitative estimate of drug-likeness (QED) is 0.812. The number of pyridine rings is 1. The predicted molar refractivity (Wildman–Crippen MR) is 64.6 cm³/mol. The van der Waals surface area contributed by atoms with Crippen LogP contribution in [0.3, 0.4) is 0 Å². The average Bonchev–Trinajstić information content (AvgIpc) is 2.81. The standard InChI is InChI=1S/C12H16N2O4/c1-17-9-6-14(7-10(9)18-2)12(16)8-3-4-13-11(15)5-8/h3-5,9-10H,6-7H2,1-2H3,(H,13,15). The fourth-order valence-electron chi connectivity index (χ4n) is 2.12. The van der Waals surface area contributed by atoms with E-state index < -0.39 is 0 Å². The summed E-state index contributed by atoms with van der Waals surface area (Å²) in [6.07, 6.45) is 1.22. The molecule has 2 unspecified atom stereocenters. The Hall–Kier alpha value is -1.66. The van der Waals surface area contributed by atoms with Gasteiger partial charge in [0.25, 0.3) is 5.91 Å². The Morgan fingerprint density at radius 2 is 1.94 bits per heavy atom. The van der Waals surface area contributed by atoms with E-state index in [0.29, 0.717) is 18.7 Å². The second-order valence-corrected chi connectivity index (χ2v) is 4.20. The van der Waals surface area contributed by atoms with E-state index >= 15 is 0 Å². The Kier molecular flexibility index (Phi) is 3.78. The molecule has 1 N–H and O–H groups in total. The van der Waals surface area contributed by atoms with Crippen LogP contribution in [-0.2, 0) is 9.47 Å². The highest BCUT2D eigenvalue weighted by Gasteiger charge is 2.35. The lowest BCUT2D eigenvalue weighted by molar-refractivity contribution is -0.00461. The van der Waals surface area contributed by atoms with Crippen molar-refractivity contribution in [1.82, 2.24) is 9.88 Å². The normalized spacial score (nSPS) is 23.3. The van der Waals surface area contributed by atoms with Crippen LogP contribution in [0.25, 0.3) is 0 Å². The first-order valence-electron chi connectivity index (χ1n) is 5.69.